The van der Waals surface area contributed by atoms with Crippen molar-refractivity contribution in [3.05, 3.63) is 40.2 Å². The first-order valence-corrected chi connectivity index (χ1v) is 4.83. The Morgan fingerprint density at radius 2 is 1.94 bits per heavy atom. The van der Waals surface area contributed by atoms with Crippen LogP contribution in [0.4, 0.5) is 0 Å². The average molecular weight is 216 g/mol. The molecule has 4 nitrogen and oxygen atoms in total. The van der Waals surface area contributed by atoms with Crippen LogP contribution in [0.5, 0.6) is 5.75 Å². The van der Waals surface area contributed by atoms with Gasteiger partial charge in [0.2, 0.25) is 0 Å². The van der Waals surface area contributed by atoms with Gasteiger partial charge in [0.25, 0.3) is 5.56 Å². The maximum Gasteiger partial charge on any atom is 0.261 e. The Balaban J connectivity index is 3.07. The third kappa shape index (κ3) is 1.31. The standard InChI is InChI=1S/C12H11NO3/c1-7(14)10-11(15)8-5-3-4-6-9(8)13(2)12(10)16/h3-6,15H,1-2H3/p-1. The van der Waals surface area contributed by atoms with Crippen LogP contribution < -0.4 is 10.7 Å². The van der Waals surface area contributed by atoms with Crippen LogP contribution in [0, 0.1) is 0 Å². The van der Waals surface area contributed by atoms with E-state index in [1.807, 2.05) is 0 Å². The Bertz CT molecular complexity index is 640. The van der Waals surface area contributed by atoms with Gasteiger partial charge in [-0.15, -0.1) is 0 Å². The van der Waals surface area contributed by atoms with Crippen LogP contribution in [0.3, 0.4) is 0 Å². The number of ketones is 1. The number of carbonyl (C=O) groups is 1. The number of carbonyl (C=O) groups excluding carboxylic acids is 1. The average Bonchev–Trinajstić information content (AvgIpc) is 2.26. The van der Waals surface area contributed by atoms with Crippen LogP contribution >= 0.6 is 0 Å². The highest BCUT2D eigenvalue weighted by atomic mass is 16.3. The molecule has 0 saturated carbocycles. The highest BCUT2D eigenvalue weighted by Gasteiger charge is 2.11. The molecule has 16 heavy (non-hydrogen) atoms. The van der Waals surface area contributed by atoms with Crippen LogP contribution in [0.2, 0.25) is 0 Å². The Morgan fingerprint density at radius 1 is 1.31 bits per heavy atom. The molecule has 0 bridgehead atoms. The molecule has 0 atom stereocenters. The van der Waals surface area contributed by atoms with E-state index in [4.69, 9.17) is 0 Å². The molecule has 0 aliphatic rings. The number of nitrogens with zero attached hydrogens (tertiary/aromatic N) is 1. The first-order chi connectivity index (χ1) is 7.54. The zero-order valence-corrected chi connectivity index (χ0v) is 8.98. The van der Waals surface area contributed by atoms with Crippen molar-refractivity contribution in [2.24, 2.45) is 7.05 Å². The summed E-state index contributed by atoms with van der Waals surface area (Å²) in [7, 11) is 1.55. The van der Waals surface area contributed by atoms with Crippen molar-refractivity contribution in [3.63, 3.8) is 0 Å². The molecule has 4 heteroatoms. The van der Waals surface area contributed by atoms with Gasteiger partial charge < -0.3 is 9.67 Å². The minimum absolute atomic E-state index is 0.263. The predicted octanol–water partition coefficient (Wildman–Crippen LogP) is 0.815. The van der Waals surface area contributed by atoms with Crippen molar-refractivity contribution in [1.82, 2.24) is 4.57 Å². The monoisotopic (exact) mass is 216 g/mol. The van der Waals surface area contributed by atoms with Crippen LogP contribution in [0.15, 0.2) is 29.1 Å². The van der Waals surface area contributed by atoms with Gasteiger partial charge >= 0.3 is 0 Å². The molecule has 82 valence electrons. The molecule has 1 aromatic carbocycles. The lowest BCUT2D eigenvalue weighted by molar-refractivity contribution is -0.266. The van der Waals surface area contributed by atoms with Gasteiger partial charge in [0.15, 0.2) is 5.78 Å². The van der Waals surface area contributed by atoms with E-state index in [1.165, 1.54) is 11.5 Å². The number of pyridine rings is 1. The van der Waals surface area contributed by atoms with E-state index in [1.54, 1.807) is 31.3 Å². The van der Waals surface area contributed by atoms with Crippen molar-refractivity contribution in [2.45, 2.75) is 6.92 Å². The Labute approximate surface area is 91.8 Å². The second-order valence-corrected chi connectivity index (χ2v) is 3.64. The highest BCUT2D eigenvalue weighted by molar-refractivity contribution is 6.01. The first-order valence-electron chi connectivity index (χ1n) is 4.83. The topological polar surface area (TPSA) is 62.1 Å². The van der Waals surface area contributed by atoms with Crippen LogP contribution in [0.25, 0.3) is 10.9 Å². The van der Waals surface area contributed by atoms with Gasteiger partial charge in [0.1, 0.15) is 0 Å². The predicted molar refractivity (Wildman–Crippen MR) is 58.6 cm³/mol. The molecule has 0 saturated heterocycles. The molecule has 1 heterocycles. The molecule has 0 amide bonds. The van der Waals surface area contributed by atoms with Gasteiger partial charge in [0.05, 0.1) is 11.1 Å². The summed E-state index contributed by atoms with van der Waals surface area (Å²) in [6.07, 6.45) is 0. The SMILES string of the molecule is CC(=O)c1c([O-])c2ccccc2n(C)c1=O. The molecule has 0 spiro atoms. The van der Waals surface area contributed by atoms with Gasteiger partial charge in [0, 0.05) is 7.05 Å². The number of Topliss-reactive ketones (excluding diaryl/α,β-unsaturated/α-hetero) is 1. The van der Waals surface area contributed by atoms with E-state index < -0.39 is 17.1 Å². The lowest BCUT2D eigenvalue weighted by Gasteiger charge is -2.16. The maximum absolute atomic E-state index is 11.9. The molecule has 0 aliphatic carbocycles. The summed E-state index contributed by atoms with van der Waals surface area (Å²) in [5, 5.41) is 12.3. The minimum atomic E-state index is -0.531. The molecule has 2 rings (SSSR count). The third-order valence-corrected chi connectivity index (χ3v) is 2.61. The van der Waals surface area contributed by atoms with E-state index in [0.29, 0.717) is 10.9 Å². The number of aromatic nitrogens is 1. The second kappa shape index (κ2) is 3.48. The van der Waals surface area contributed by atoms with Crippen LogP contribution in [-0.4, -0.2) is 10.4 Å². The van der Waals surface area contributed by atoms with Crippen molar-refractivity contribution in [2.75, 3.05) is 0 Å². The normalized spacial score (nSPS) is 10.6. The van der Waals surface area contributed by atoms with E-state index in [-0.39, 0.29) is 5.56 Å². The van der Waals surface area contributed by atoms with Gasteiger partial charge in [-0.25, -0.2) is 0 Å². The smallest absolute Gasteiger partial charge is 0.261 e. The van der Waals surface area contributed by atoms with E-state index >= 15 is 0 Å². The number of hydrogen-bond acceptors (Lipinski definition) is 3. The fourth-order valence-electron chi connectivity index (χ4n) is 1.78. The molecule has 0 unspecified atom stereocenters. The molecule has 0 radical (unpaired) electrons. The van der Waals surface area contributed by atoms with E-state index in [0.717, 1.165) is 0 Å². The van der Waals surface area contributed by atoms with Gasteiger partial charge in [-0.2, -0.15) is 0 Å². The van der Waals surface area contributed by atoms with Gasteiger partial charge in [-0.1, -0.05) is 23.9 Å². The Morgan fingerprint density at radius 3 is 2.56 bits per heavy atom. The summed E-state index contributed by atoms with van der Waals surface area (Å²) < 4.78 is 1.33. The number of benzene rings is 1. The fourth-order valence-corrected chi connectivity index (χ4v) is 1.78. The number of rotatable bonds is 1. The number of para-hydroxylation sites is 1. The number of hydrogen-bond donors (Lipinski definition) is 0. The first kappa shape index (κ1) is 10.4. The van der Waals surface area contributed by atoms with E-state index in [2.05, 4.69) is 0 Å². The summed E-state index contributed by atoms with van der Waals surface area (Å²) in [4.78, 5) is 23.1. The summed E-state index contributed by atoms with van der Waals surface area (Å²) in [5.41, 5.74) is -0.250. The molecule has 0 aliphatic heterocycles. The fraction of sp³-hybridized carbons (Fsp3) is 0.167. The summed E-state index contributed by atoms with van der Waals surface area (Å²) in [6, 6.07) is 6.75. The molecule has 2 aromatic rings. The minimum Gasteiger partial charge on any atom is -0.871 e. The van der Waals surface area contributed by atoms with Crippen molar-refractivity contribution >= 4 is 16.7 Å². The Kier molecular flexibility index (Phi) is 2.27. The van der Waals surface area contributed by atoms with Crippen molar-refractivity contribution in [3.8, 4) is 5.75 Å². The molecular weight excluding hydrogens is 206 g/mol. The molecule has 0 fully saturated rings. The van der Waals surface area contributed by atoms with E-state index in [9.17, 15) is 14.7 Å². The summed E-state index contributed by atoms with van der Waals surface area (Å²) >= 11 is 0. The highest BCUT2D eigenvalue weighted by Crippen LogP contribution is 2.23. The zero-order chi connectivity index (χ0) is 11.9. The molecule has 0 N–H and O–H groups in total. The van der Waals surface area contributed by atoms with Crippen molar-refractivity contribution in [1.29, 1.82) is 0 Å². The largest absolute Gasteiger partial charge is 0.871 e. The third-order valence-electron chi connectivity index (χ3n) is 2.61. The second-order valence-electron chi connectivity index (χ2n) is 3.64. The quantitative estimate of drug-likeness (QED) is 0.663. The maximum atomic E-state index is 11.9. The summed E-state index contributed by atoms with van der Waals surface area (Å²) in [5.74, 6) is -0.970. The van der Waals surface area contributed by atoms with Crippen molar-refractivity contribution < 1.29 is 9.90 Å². The lowest BCUT2D eigenvalue weighted by Crippen LogP contribution is -2.25. The molecular formula is C12H10NO3-. The van der Waals surface area contributed by atoms with Gasteiger partial charge in [-0.05, 0) is 18.4 Å². The van der Waals surface area contributed by atoms with Crippen LogP contribution in [-0.2, 0) is 7.05 Å². The molecule has 1 aromatic heterocycles. The van der Waals surface area contributed by atoms with Gasteiger partial charge in [-0.3, -0.25) is 9.59 Å². The lowest BCUT2D eigenvalue weighted by atomic mass is 10.1. The summed E-state index contributed by atoms with van der Waals surface area (Å²) in [6.45, 7) is 1.23. The number of aryl methyl sites for hydroxylation is 1. The Hall–Kier alpha value is -2.10. The number of fused-ring (bicyclic) bond motifs is 1. The van der Waals surface area contributed by atoms with Crippen LogP contribution in [0.1, 0.15) is 17.3 Å². The zero-order valence-electron chi connectivity index (χ0n) is 8.98.